The third kappa shape index (κ3) is 3.69. The van der Waals surface area contributed by atoms with E-state index in [0.29, 0.717) is 17.2 Å². The van der Waals surface area contributed by atoms with Gasteiger partial charge < -0.3 is 10.5 Å². The summed E-state index contributed by atoms with van der Waals surface area (Å²) in [5.74, 6) is 0.745. The molecular formula is C16H16Cl2N2O. The fourth-order valence-corrected chi connectivity index (χ4v) is 2.33. The predicted molar refractivity (Wildman–Crippen MR) is 87.7 cm³/mol. The Labute approximate surface area is 134 Å². The van der Waals surface area contributed by atoms with Gasteiger partial charge in [0, 0.05) is 21.2 Å². The lowest BCUT2D eigenvalue weighted by molar-refractivity contribution is 0.306. The first kappa shape index (κ1) is 15.7. The normalized spacial score (nSPS) is 10.5. The molecule has 0 atom stereocenters. The second kappa shape index (κ2) is 6.37. The van der Waals surface area contributed by atoms with Crippen LogP contribution in [0.5, 0.6) is 5.75 Å². The molecule has 0 saturated carbocycles. The molecule has 0 spiro atoms. The third-order valence-corrected chi connectivity index (χ3v) is 4.12. The molecule has 0 fully saturated rings. The van der Waals surface area contributed by atoms with Gasteiger partial charge in [0.2, 0.25) is 0 Å². The van der Waals surface area contributed by atoms with Crippen LogP contribution in [0, 0.1) is 19.3 Å². The molecule has 21 heavy (non-hydrogen) atoms. The van der Waals surface area contributed by atoms with Crippen molar-refractivity contribution in [2.24, 2.45) is 5.73 Å². The maximum atomic E-state index is 7.38. The van der Waals surface area contributed by atoms with Crippen molar-refractivity contribution in [3.63, 3.8) is 0 Å². The van der Waals surface area contributed by atoms with Crippen molar-refractivity contribution in [3.05, 3.63) is 62.6 Å². The lowest BCUT2D eigenvalue weighted by Crippen LogP contribution is -2.11. The van der Waals surface area contributed by atoms with Crippen molar-refractivity contribution in [2.75, 3.05) is 0 Å². The number of halogens is 2. The maximum absolute atomic E-state index is 7.38. The van der Waals surface area contributed by atoms with Crippen LogP contribution in [0.15, 0.2) is 30.3 Å². The largest absolute Gasteiger partial charge is 0.489 e. The molecular weight excluding hydrogens is 307 g/mol. The van der Waals surface area contributed by atoms with Crippen LogP contribution in [0.2, 0.25) is 10.0 Å². The number of amidine groups is 1. The first-order chi connectivity index (χ1) is 9.88. The quantitative estimate of drug-likeness (QED) is 0.644. The van der Waals surface area contributed by atoms with Crippen LogP contribution in [-0.4, -0.2) is 5.84 Å². The Morgan fingerprint density at radius 3 is 2.29 bits per heavy atom. The molecule has 110 valence electrons. The second-order valence-electron chi connectivity index (χ2n) is 4.88. The third-order valence-electron chi connectivity index (χ3n) is 3.17. The summed E-state index contributed by atoms with van der Waals surface area (Å²) in [5, 5.41) is 8.67. The minimum absolute atomic E-state index is 0.00619. The van der Waals surface area contributed by atoms with Crippen molar-refractivity contribution in [3.8, 4) is 5.75 Å². The van der Waals surface area contributed by atoms with Crippen LogP contribution in [0.4, 0.5) is 0 Å². The second-order valence-corrected chi connectivity index (χ2v) is 5.66. The fraction of sp³-hybridized carbons (Fsp3) is 0.188. The zero-order chi connectivity index (χ0) is 15.6. The average Bonchev–Trinajstić information content (AvgIpc) is 2.43. The molecule has 0 amide bonds. The van der Waals surface area contributed by atoms with Gasteiger partial charge in [-0.25, -0.2) is 0 Å². The summed E-state index contributed by atoms with van der Waals surface area (Å²) < 4.78 is 5.76. The first-order valence-electron chi connectivity index (χ1n) is 6.41. The average molecular weight is 323 g/mol. The highest BCUT2D eigenvalue weighted by Gasteiger charge is 2.07. The molecule has 0 radical (unpaired) electrons. The van der Waals surface area contributed by atoms with Gasteiger partial charge in [0.15, 0.2) is 0 Å². The highest BCUT2D eigenvalue weighted by atomic mass is 35.5. The van der Waals surface area contributed by atoms with Gasteiger partial charge in [-0.2, -0.15) is 0 Å². The number of hydrogen-bond acceptors (Lipinski definition) is 2. The van der Waals surface area contributed by atoms with Gasteiger partial charge in [0.1, 0.15) is 18.2 Å². The molecule has 0 aromatic heterocycles. The minimum Gasteiger partial charge on any atom is -0.489 e. The van der Waals surface area contributed by atoms with Crippen LogP contribution in [-0.2, 0) is 6.61 Å². The number of nitrogens with one attached hydrogen (secondary N) is 1. The van der Waals surface area contributed by atoms with E-state index >= 15 is 0 Å². The lowest BCUT2D eigenvalue weighted by Gasteiger charge is -2.11. The smallest absolute Gasteiger partial charge is 0.122 e. The van der Waals surface area contributed by atoms with E-state index in [4.69, 9.17) is 39.1 Å². The molecule has 2 aromatic rings. The molecule has 0 heterocycles. The summed E-state index contributed by atoms with van der Waals surface area (Å²) in [6, 6.07) is 9.03. The summed E-state index contributed by atoms with van der Waals surface area (Å²) >= 11 is 12.3. The highest BCUT2D eigenvalue weighted by molar-refractivity contribution is 6.32. The minimum atomic E-state index is -0.00619. The van der Waals surface area contributed by atoms with Crippen molar-refractivity contribution in [1.29, 1.82) is 5.41 Å². The molecule has 5 heteroatoms. The number of rotatable bonds is 4. The van der Waals surface area contributed by atoms with Crippen LogP contribution in [0.1, 0.15) is 22.3 Å². The fourth-order valence-electron chi connectivity index (χ4n) is 1.98. The number of ether oxygens (including phenoxy) is 1. The van der Waals surface area contributed by atoms with Gasteiger partial charge in [-0.05, 0) is 43.2 Å². The highest BCUT2D eigenvalue weighted by Crippen LogP contribution is 2.27. The van der Waals surface area contributed by atoms with Crippen LogP contribution >= 0.6 is 23.2 Å². The monoisotopic (exact) mass is 322 g/mol. The topological polar surface area (TPSA) is 59.1 Å². The van der Waals surface area contributed by atoms with Gasteiger partial charge in [-0.15, -0.1) is 0 Å². The summed E-state index contributed by atoms with van der Waals surface area (Å²) in [6.07, 6.45) is 0. The van der Waals surface area contributed by atoms with E-state index in [2.05, 4.69) is 0 Å². The Morgan fingerprint density at radius 1 is 1.14 bits per heavy atom. The number of nitrogens with two attached hydrogens (primary N) is 1. The molecule has 0 aliphatic heterocycles. The molecule has 3 N–H and O–H groups in total. The molecule has 2 aromatic carbocycles. The Bertz CT molecular complexity index is 676. The Kier molecular flexibility index (Phi) is 4.76. The van der Waals surface area contributed by atoms with Crippen molar-refractivity contribution in [1.82, 2.24) is 0 Å². The number of aryl methyl sites for hydroxylation is 2. The zero-order valence-electron chi connectivity index (χ0n) is 11.8. The molecule has 2 rings (SSSR count). The van der Waals surface area contributed by atoms with E-state index in [1.807, 2.05) is 32.0 Å². The van der Waals surface area contributed by atoms with E-state index in [1.165, 1.54) is 0 Å². The van der Waals surface area contributed by atoms with E-state index in [-0.39, 0.29) is 5.84 Å². The van der Waals surface area contributed by atoms with E-state index in [9.17, 15) is 0 Å². The van der Waals surface area contributed by atoms with Crippen molar-refractivity contribution in [2.45, 2.75) is 20.5 Å². The van der Waals surface area contributed by atoms with Gasteiger partial charge in [-0.1, -0.05) is 35.3 Å². The van der Waals surface area contributed by atoms with E-state index in [0.717, 1.165) is 27.5 Å². The van der Waals surface area contributed by atoms with Gasteiger partial charge >= 0.3 is 0 Å². The number of hydrogen-bond donors (Lipinski definition) is 2. The number of benzene rings is 2. The lowest BCUT2D eigenvalue weighted by atomic mass is 10.1. The first-order valence-corrected chi connectivity index (χ1v) is 7.16. The van der Waals surface area contributed by atoms with Crippen LogP contribution < -0.4 is 10.5 Å². The summed E-state index contributed by atoms with van der Waals surface area (Å²) in [5.41, 5.74) is 8.82. The van der Waals surface area contributed by atoms with Gasteiger partial charge in [0.05, 0.1) is 0 Å². The Morgan fingerprint density at radius 2 is 1.76 bits per heavy atom. The van der Waals surface area contributed by atoms with Crippen molar-refractivity contribution < 1.29 is 4.74 Å². The molecule has 0 unspecified atom stereocenters. The Hall–Kier alpha value is -1.71. The standard InChI is InChI=1S/C16H16Cl2N2O/c1-9-5-13(6-10(2)15(9)18)21-8-12-4-3-11(16(19)20)7-14(12)17/h3-7H,8H2,1-2H3,(H3,19,20). The summed E-state index contributed by atoms with van der Waals surface area (Å²) in [4.78, 5) is 0. The van der Waals surface area contributed by atoms with Crippen molar-refractivity contribution >= 4 is 29.0 Å². The van der Waals surface area contributed by atoms with E-state index in [1.54, 1.807) is 12.1 Å². The molecule has 0 saturated heterocycles. The maximum Gasteiger partial charge on any atom is 0.122 e. The Balaban J connectivity index is 2.15. The molecule has 3 nitrogen and oxygen atoms in total. The van der Waals surface area contributed by atoms with Crippen LogP contribution in [0.3, 0.4) is 0 Å². The summed E-state index contributed by atoms with van der Waals surface area (Å²) in [7, 11) is 0. The van der Waals surface area contributed by atoms with E-state index < -0.39 is 0 Å². The molecule has 0 bridgehead atoms. The predicted octanol–water partition coefficient (Wildman–Crippen LogP) is 4.47. The molecule has 0 aliphatic carbocycles. The van der Waals surface area contributed by atoms with Gasteiger partial charge in [0.25, 0.3) is 0 Å². The number of nitrogen functional groups attached to an aromatic ring is 1. The summed E-state index contributed by atoms with van der Waals surface area (Å²) in [6.45, 7) is 4.23. The zero-order valence-corrected chi connectivity index (χ0v) is 13.3. The molecule has 0 aliphatic rings. The van der Waals surface area contributed by atoms with Crippen LogP contribution in [0.25, 0.3) is 0 Å². The van der Waals surface area contributed by atoms with Gasteiger partial charge in [-0.3, -0.25) is 5.41 Å². The SMILES string of the molecule is Cc1cc(OCc2ccc(C(=N)N)cc2Cl)cc(C)c1Cl.